The van der Waals surface area contributed by atoms with E-state index in [1.807, 2.05) is 6.92 Å². The lowest BCUT2D eigenvalue weighted by atomic mass is 9.62. The molecule has 1 fully saturated rings. The molecule has 3 heterocycles. The third kappa shape index (κ3) is 2.25. The van der Waals surface area contributed by atoms with E-state index in [4.69, 9.17) is 10.5 Å². The normalized spacial score (nSPS) is 30.8. The smallest absolute Gasteiger partial charge is 0.323 e. The number of hydrogen-bond acceptors (Lipinski definition) is 7. The van der Waals surface area contributed by atoms with Crippen molar-refractivity contribution < 1.29 is 19.4 Å². The number of nitriles is 1. The van der Waals surface area contributed by atoms with Crippen LogP contribution in [0.5, 0.6) is 0 Å². The van der Waals surface area contributed by atoms with Crippen molar-refractivity contribution >= 4 is 17.6 Å². The van der Waals surface area contributed by atoms with E-state index in [0.29, 0.717) is 11.3 Å². The molecular formula is C19H21N5O4. The second-order valence-electron chi connectivity index (χ2n) is 7.21. The van der Waals surface area contributed by atoms with Crippen molar-refractivity contribution in [3.8, 4) is 6.07 Å². The summed E-state index contributed by atoms with van der Waals surface area (Å²) in [5.41, 5.74) is 12.0. The number of para-hydroxylation sites is 1. The number of nitrogens with one attached hydrogen (secondary N) is 2. The summed E-state index contributed by atoms with van der Waals surface area (Å²) < 4.78 is 5.73. The summed E-state index contributed by atoms with van der Waals surface area (Å²) in [6, 6.07) is 8.91. The Morgan fingerprint density at radius 3 is 2.86 bits per heavy atom. The number of rotatable bonds is 4. The number of carbonyl (C=O) groups is 2. The summed E-state index contributed by atoms with van der Waals surface area (Å²) in [6.45, 7) is 1.54. The molecule has 4 unspecified atom stereocenters. The molecule has 1 aromatic rings. The number of nitrogens with two attached hydrogens (primary N) is 1. The maximum atomic E-state index is 13.8. The van der Waals surface area contributed by atoms with Crippen molar-refractivity contribution in [2.75, 3.05) is 11.4 Å². The van der Waals surface area contributed by atoms with Gasteiger partial charge in [-0.1, -0.05) is 31.5 Å². The Kier molecular flexibility index (Phi) is 4.25. The lowest BCUT2D eigenvalue weighted by Gasteiger charge is -2.42. The van der Waals surface area contributed by atoms with Gasteiger partial charge in [0.1, 0.15) is 23.6 Å². The van der Waals surface area contributed by atoms with Crippen LogP contribution in [0.3, 0.4) is 0 Å². The van der Waals surface area contributed by atoms with E-state index >= 15 is 0 Å². The van der Waals surface area contributed by atoms with Crippen molar-refractivity contribution in [1.29, 1.82) is 5.26 Å². The van der Waals surface area contributed by atoms with Crippen molar-refractivity contribution in [2.24, 2.45) is 11.7 Å². The number of carboxylic acids is 1. The van der Waals surface area contributed by atoms with E-state index in [2.05, 4.69) is 16.9 Å². The minimum atomic E-state index is -1.40. The van der Waals surface area contributed by atoms with Crippen LogP contribution in [0.4, 0.5) is 5.69 Å². The summed E-state index contributed by atoms with van der Waals surface area (Å²) in [4.78, 5) is 26.5. The Labute approximate surface area is 161 Å². The molecule has 0 bridgehead atoms. The predicted molar refractivity (Wildman–Crippen MR) is 98.3 cm³/mol. The first-order chi connectivity index (χ1) is 13.5. The van der Waals surface area contributed by atoms with E-state index in [1.54, 1.807) is 24.3 Å². The molecule has 3 aliphatic rings. The SMILES string of the molecule is CCCC1NNC2OC(N)=C(C#N)C3(C(=O)N(CC(=O)O)c4ccccc43)C12. The van der Waals surface area contributed by atoms with Gasteiger partial charge < -0.3 is 15.6 Å². The fraction of sp³-hybridized carbons (Fsp3) is 0.421. The lowest BCUT2D eigenvalue weighted by molar-refractivity contribution is -0.137. The zero-order valence-electron chi connectivity index (χ0n) is 15.3. The van der Waals surface area contributed by atoms with E-state index in [1.165, 1.54) is 4.90 Å². The van der Waals surface area contributed by atoms with Gasteiger partial charge in [0.2, 0.25) is 11.8 Å². The van der Waals surface area contributed by atoms with Crippen LogP contribution >= 0.6 is 0 Å². The van der Waals surface area contributed by atoms with E-state index in [9.17, 15) is 20.0 Å². The van der Waals surface area contributed by atoms with Crippen LogP contribution in [0.15, 0.2) is 35.7 Å². The highest BCUT2D eigenvalue weighted by atomic mass is 16.5. The monoisotopic (exact) mass is 383 g/mol. The van der Waals surface area contributed by atoms with Gasteiger partial charge in [0.05, 0.1) is 5.92 Å². The van der Waals surface area contributed by atoms with Crippen molar-refractivity contribution in [3.05, 3.63) is 41.3 Å². The van der Waals surface area contributed by atoms with E-state index in [-0.39, 0.29) is 17.5 Å². The van der Waals surface area contributed by atoms with Gasteiger partial charge in [0.15, 0.2) is 6.23 Å². The quantitative estimate of drug-likeness (QED) is 0.582. The van der Waals surface area contributed by atoms with Crippen LogP contribution in [0, 0.1) is 17.2 Å². The molecule has 0 radical (unpaired) electrons. The van der Waals surface area contributed by atoms with Crippen molar-refractivity contribution in [3.63, 3.8) is 0 Å². The second kappa shape index (κ2) is 6.51. The van der Waals surface area contributed by atoms with Gasteiger partial charge in [-0.15, -0.1) is 0 Å². The number of carbonyl (C=O) groups excluding carboxylic acids is 1. The number of amides is 1. The van der Waals surface area contributed by atoms with Crippen LogP contribution in [-0.2, 0) is 19.7 Å². The Morgan fingerprint density at radius 1 is 1.43 bits per heavy atom. The Morgan fingerprint density at radius 2 is 2.18 bits per heavy atom. The first kappa shape index (κ1) is 18.3. The third-order valence-corrected chi connectivity index (χ3v) is 5.77. The number of nitrogens with zero attached hydrogens (tertiary/aromatic N) is 2. The molecule has 5 N–H and O–H groups in total. The van der Waals surface area contributed by atoms with Gasteiger partial charge >= 0.3 is 5.97 Å². The summed E-state index contributed by atoms with van der Waals surface area (Å²) in [5, 5.41) is 19.3. The molecule has 1 amide bonds. The van der Waals surface area contributed by atoms with Crippen LogP contribution in [0.2, 0.25) is 0 Å². The van der Waals surface area contributed by atoms with E-state index < -0.39 is 36.0 Å². The Balaban J connectivity index is 2.00. The van der Waals surface area contributed by atoms with Gasteiger partial charge in [-0.2, -0.15) is 5.26 Å². The zero-order valence-corrected chi connectivity index (χ0v) is 15.3. The molecule has 146 valence electrons. The highest BCUT2D eigenvalue weighted by Crippen LogP contribution is 2.56. The fourth-order valence-corrected chi connectivity index (χ4v) is 4.81. The number of aliphatic carboxylic acids is 1. The number of fused-ring (bicyclic) bond motifs is 4. The molecule has 9 nitrogen and oxygen atoms in total. The third-order valence-electron chi connectivity index (χ3n) is 5.77. The van der Waals surface area contributed by atoms with Crippen molar-refractivity contribution in [2.45, 2.75) is 37.5 Å². The van der Waals surface area contributed by atoms with Gasteiger partial charge in [0.25, 0.3) is 0 Å². The molecular weight excluding hydrogens is 362 g/mol. The molecule has 0 saturated carbocycles. The zero-order chi connectivity index (χ0) is 20.1. The highest BCUT2D eigenvalue weighted by Gasteiger charge is 2.66. The van der Waals surface area contributed by atoms with Crippen LogP contribution in [0.1, 0.15) is 25.3 Å². The number of hydrogen-bond donors (Lipinski definition) is 4. The average molecular weight is 383 g/mol. The highest BCUT2D eigenvalue weighted by molar-refractivity contribution is 6.13. The minimum Gasteiger partial charge on any atom is -0.480 e. The van der Waals surface area contributed by atoms with Gasteiger partial charge in [-0.25, -0.2) is 5.43 Å². The van der Waals surface area contributed by atoms with Gasteiger partial charge in [-0.05, 0) is 18.1 Å². The fourth-order valence-electron chi connectivity index (χ4n) is 4.81. The average Bonchev–Trinajstić information content (AvgIpc) is 3.16. The Hall–Kier alpha value is -3.09. The van der Waals surface area contributed by atoms with Crippen LogP contribution in [0.25, 0.3) is 0 Å². The van der Waals surface area contributed by atoms with Crippen LogP contribution < -0.4 is 21.5 Å². The van der Waals surface area contributed by atoms with Crippen molar-refractivity contribution in [1.82, 2.24) is 10.9 Å². The molecule has 3 aliphatic heterocycles. The largest absolute Gasteiger partial charge is 0.480 e. The maximum absolute atomic E-state index is 13.8. The molecule has 1 spiro atoms. The first-order valence-corrected chi connectivity index (χ1v) is 9.18. The molecule has 1 aromatic carbocycles. The topological polar surface area (TPSA) is 141 Å². The summed E-state index contributed by atoms with van der Waals surface area (Å²) in [5.74, 6) is -2.16. The van der Waals surface area contributed by atoms with Gasteiger partial charge in [-0.3, -0.25) is 19.9 Å². The number of ether oxygens (including phenoxy) is 1. The maximum Gasteiger partial charge on any atom is 0.323 e. The Bertz CT molecular complexity index is 923. The molecule has 4 atom stereocenters. The summed E-state index contributed by atoms with van der Waals surface area (Å²) >= 11 is 0. The molecule has 1 saturated heterocycles. The standard InChI is InChI=1S/C19H21N5O4/c1-2-5-12-15-17(23-22-12)28-16(21)11(8-20)19(15)10-6-3-4-7-13(10)24(18(19)27)9-14(25)26/h3-4,6-7,12,15,17,22-23H,2,5,9,21H2,1H3,(H,25,26). The second-order valence-corrected chi connectivity index (χ2v) is 7.21. The first-order valence-electron chi connectivity index (χ1n) is 9.18. The summed E-state index contributed by atoms with van der Waals surface area (Å²) in [6.07, 6.45) is 0.983. The number of hydrazine groups is 1. The van der Waals surface area contributed by atoms with Crippen LogP contribution in [-0.4, -0.2) is 35.8 Å². The molecule has 0 aromatic heterocycles. The predicted octanol–water partition coefficient (Wildman–Crippen LogP) is 0.298. The number of anilines is 1. The molecule has 4 rings (SSSR count). The van der Waals surface area contributed by atoms with Gasteiger partial charge in [0, 0.05) is 11.7 Å². The van der Waals surface area contributed by atoms with E-state index in [0.717, 1.165) is 12.8 Å². The number of benzene rings is 1. The number of carboxylic acid groups (broad SMARTS) is 1. The molecule has 28 heavy (non-hydrogen) atoms. The summed E-state index contributed by atoms with van der Waals surface area (Å²) in [7, 11) is 0. The lowest BCUT2D eigenvalue weighted by Crippen LogP contribution is -2.57. The molecule has 9 heteroatoms. The minimum absolute atomic E-state index is 0.0330. The molecule has 0 aliphatic carbocycles.